The summed E-state index contributed by atoms with van der Waals surface area (Å²) in [6.07, 6.45) is 0.344. The van der Waals surface area contributed by atoms with Gasteiger partial charge in [-0.3, -0.25) is 24.6 Å². The van der Waals surface area contributed by atoms with Crippen LogP contribution in [0.4, 0.5) is 11.4 Å². The second-order valence-electron chi connectivity index (χ2n) is 5.90. The van der Waals surface area contributed by atoms with Crippen molar-refractivity contribution < 1.29 is 14.5 Å². The number of carbonyl (C=O) groups is 2. The molecule has 0 bridgehead atoms. The van der Waals surface area contributed by atoms with Crippen molar-refractivity contribution in [3.63, 3.8) is 0 Å². The average molecular weight is 334 g/mol. The van der Waals surface area contributed by atoms with Gasteiger partial charge in [-0.25, -0.2) is 0 Å². The van der Waals surface area contributed by atoms with Gasteiger partial charge in [-0.2, -0.15) is 0 Å². The van der Waals surface area contributed by atoms with Crippen molar-refractivity contribution in [2.24, 2.45) is 0 Å². The Hall–Kier alpha value is -2.48. The van der Waals surface area contributed by atoms with E-state index in [1.54, 1.807) is 24.8 Å². The van der Waals surface area contributed by atoms with Crippen LogP contribution in [0.2, 0.25) is 0 Å². The van der Waals surface area contributed by atoms with Crippen LogP contribution >= 0.6 is 0 Å². The summed E-state index contributed by atoms with van der Waals surface area (Å²) in [5, 5.41) is 13.5. The lowest BCUT2D eigenvalue weighted by Crippen LogP contribution is -2.48. The van der Waals surface area contributed by atoms with Crippen molar-refractivity contribution in [2.75, 3.05) is 38.0 Å². The third kappa shape index (κ3) is 4.76. The monoisotopic (exact) mass is 334 g/mol. The fraction of sp³-hybridized carbons (Fsp3) is 0.500. The lowest BCUT2D eigenvalue weighted by molar-refractivity contribution is -0.384. The van der Waals surface area contributed by atoms with Gasteiger partial charge in [0.15, 0.2) is 0 Å². The second kappa shape index (κ2) is 7.87. The van der Waals surface area contributed by atoms with Gasteiger partial charge in [0.1, 0.15) is 0 Å². The summed E-state index contributed by atoms with van der Waals surface area (Å²) in [5.74, 6) is -0.0398. The number of amides is 2. The predicted octanol–water partition coefficient (Wildman–Crippen LogP) is 1.40. The van der Waals surface area contributed by atoms with Gasteiger partial charge in [0.2, 0.25) is 11.8 Å². The number of nitrogens with one attached hydrogen (secondary N) is 1. The molecule has 1 saturated heterocycles. The van der Waals surface area contributed by atoms with Crippen LogP contribution in [0.3, 0.4) is 0 Å². The Bertz CT molecular complexity index is 639. The molecule has 0 spiro atoms. The van der Waals surface area contributed by atoms with Crippen LogP contribution < -0.4 is 5.32 Å². The Morgan fingerprint density at radius 2 is 1.92 bits per heavy atom. The van der Waals surface area contributed by atoms with E-state index in [0.717, 1.165) is 13.1 Å². The number of aryl methyl sites for hydroxylation is 1. The molecule has 0 unspecified atom stereocenters. The molecule has 0 saturated carbocycles. The van der Waals surface area contributed by atoms with Crippen molar-refractivity contribution in [1.29, 1.82) is 0 Å². The van der Waals surface area contributed by atoms with E-state index in [1.165, 1.54) is 12.1 Å². The number of nitro groups is 1. The molecule has 2 rings (SSSR count). The Morgan fingerprint density at radius 1 is 1.25 bits per heavy atom. The summed E-state index contributed by atoms with van der Waals surface area (Å²) < 4.78 is 0. The molecule has 1 N–H and O–H groups in total. The molecule has 0 atom stereocenters. The Labute approximate surface area is 140 Å². The number of nitrogens with zero attached hydrogens (tertiary/aromatic N) is 3. The summed E-state index contributed by atoms with van der Waals surface area (Å²) in [6.45, 7) is 6.84. The van der Waals surface area contributed by atoms with Gasteiger partial charge in [0.05, 0.1) is 4.92 Å². The van der Waals surface area contributed by atoms with Gasteiger partial charge in [-0.15, -0.1) is 0 Å². The summed E-state index contributed by atoms with van der Waals surface area (Å²) in [7, 11) is 0. The maximum absolute atomic E-state index is 12.1. The fourth-order valence-electron chi connectivity index (χ4n) is 2.66. The van der Waals surface area contributed by atoms with Crippen molar-refractivity contribution in [3.8, 4) is 0 Å². The molecule has 0 aliphatic carbocycles. The number of carbonyl (C=O) groups excluding carboxylic acids is 2. The summed E-state index contributed by atoms with van der Waals surface area (Å²) in [4.78, 5) is 37.6. The van der Waals surface area contributed by atoms with Crippen LogP contribution in [-0.4, -0.2) is 59.3 Å². The van der Waals surface area contributed by atoms with Crippen molar-refractivity contribution in [3.05, 3.63) is 33.9 Å². The first kappa shape index (κ1) is 17.9. The highest BCUT2D eigenvalue weighted by atomic mass is 16.6. The molecule has 2 amide bonds. The summed E-state index contributed by atoms with van der Waals surface area (Å²) >= 11 is 0. The topological polar surface area (TPSA) is 95.8 Å². The van der Waals surface area contributed by atoms with E-state index in [4.69, 9.17) is 0 Å². The number of piperazine rings is 1. The number of benzene rings is 1. The van der Waals surface area contributed by atoms with Gasteiger partial charge in [0, 0.05) is 63.9 Å². The minimum Gasteiger partial charge on any atom is -0.340 e. The van der Waals surface area contributed by atoms with Gasteiger partial charge in [0.25, 0.3) is 5.69 Å². The first-order valence-electron chi connectivity index (χ1n) is 7.89. The van der Waals surface area contributed by atoms with E-state index in [1.807, 2.05) is 0 Å². The molecule has 1 heterocycles. The number of anilines is 1. The minimum atomic E-state index is -0.459. The van der Waals surface area contributed by atoms with Crippen LogP contribution in [-0.2, 0) is 9.59 Å². The molecule has 8 nitrogen and oxygen atoms in total. The molecule has 0 radical (unpaired) electrons. The zero-order valence-electron chi connectivity index (χ0n) is 13.9. The highest BCUT2D eigenvalue weighted by Gasteiger charge is 2.19. The van der Waals surface area contributed by atoms with Crippen LogP contribution in [0.1, 0.15) is 18.9 Å². The van der Waals surface area contributed by atoms with Gasteiger partial charge in [-0.05, 0) is 18.6 Å². The maximum Gasteiger partial charge on any atom is 0.269 e. The fourth-order valence-corrected chi connectivity index (χ4v) is 2.66. The normalized spacial score (nSPS) is 15.2. The molecule has 130 valence electrons. The number of nitro benzene ring substituents is 1. The molecular formula is C16H22N4O4. The van der Waals surface area contributed by atoms with E-state index in [0.29, 0.717) is 37.3 Å². The first-order chi connectivity index (χ1) is 11.4. The zero-order valence-corrected chi connectivity index (χ0v) is 13.9. The molecule has 1 aliphatic heterocycles. The molecule has 8 heteroatoms. The summed E-state index contributed by atoms with van der Waals surface area (Å²) in [6, 6.07) is 4.37. The molecule has 1 aromatic rings. The van der Waals surface area contributed by atoms with E-state index in [-0.39, 0.29) is 17.5 Å². The Balaban J connectivity index is 1.80. The lowest BCUT2D eigenvalue weighted by atomic mass is 10.1. The third-order valence-electron chi connectivity index (χ3n) is 4.17. The molecular weight excluding hydrogens is 312 g/mol. The van der Waals surface area contributed by atoms with Gasteiger partial charge in [-0.1, -0.05) is 0 Å². The van der Waals surface area contributed by atoms with E-state index in [2.05, 4.69) is 10.2 Å². The molecule has 1 aromatic carbocycles. The van der Waals surface area contributed by atoms with Crippen molar-refractivity contribution in [1.82, 2.24) is 9.80 Å². The minimum absolute atomic E-state index is 0.00819. The Kier molecular flexibility index (Phi) is 5.86. The van der Waals surface area contributed by atoms with E-state index >= 15 is 0 Å². The third-order valence-corrected chi connectivity index (χ3v) is 4.17. The smallest absolute Gasteiger partial charge is 0.269 e. The molecule has 1 aliphatic rings. The lowest BCUT2D eigenvalue weighted by Gasteiger charge is -2.34. The van der Waals surface area contributed by atoms with Gasteiger partial charge < -0.3 is 10.2 Å². The second-order valence-corrected chi connectivity index (χ2v) is 5.90. The zero-order chi connectivity index (χ0) is 17.7. The van der Waals surface area contributed by atoms with Crippen LogP contribution in [0.5, 0.6) is 0 Å². The largest absolute Gasteiger partial charge is 0.340 e. The number of non-ortho nitro benzene ring substituents is 1. The molecule has 24 heavy (non-hydrogen) atoms. The SMILES string of the molecule is CC(=O)N1CCN(CCC(=O)Nc2ccc([N+](=O)[O-])cc2C)CC1. The highest BCUT2D eigenvalue weighted by molar-refractivity contribution is 5.91. The number of rotatable bonds is 5. The standard InChI is InChI=1S/C16H22N4O4/c1-12-11-14(20(23)24)3-4-15(12)17-16(22)5-6-18-7-9-19(10-8-18)13(2)21/h3-4,11H,5-10H2,1-2H3,(H,17,22). The molecule has 0 aromatic heterocycles. The highest BCUT2D eigenvalue weighted by Crippen LogP contribution is 2.21. The van der Waals surface area contributed by atoms with Crippen molar-refractivity contribution >= 4 is 23.2 Å². The van der Waals surface area contributed by atoms with Crippen LogP contribution in [0.25, 0.3) is 0 Å². The maximum atomic E-state index is 12.1. The van der Waals surface area contributed by atoms with E-state index < -0.39 is 4.92 Å². The van der Waals surface area contributed by atoms with Crippen LogP contribution in [0.15, 0.2) is 18.2 Å². The summed E-state index contributed by atoms with van der Waals surface area (Å²) in [5.41, 5.74) is 1.26. The number of hydrogen-bond donors (Lipinski definition) is 1. The molecule has 1 fully saturated rings. The number of hydrogen-bond acceptors (Lipinski definition) is 5. The van der Waals surface area contributed by atoms with E-state index in [9.17, 15) is 19.7 Å². The predicted molar refractivity (Wildman–Crippen MR) is 89.8 cm³/mol. The van der Waals surface area contributed by atoms with Crippen LogP contribution in [0, 0.1) is 17.0 Å². The quantitative estimate of drug-likeness (QED) is 0.648. The average Bonchev–Trinajstić information content (AvgIpc) is 2.55. The Morgan fingerprint density at radius 3 is 2.46 bits per heavy atom. The first-order valence-corrected chi connectivity index (χ1v) is 7.89. The van der Waals surface area contributed by atoms with Crippen molar-refractivity contribution in [2.45, 2.75) is 20.3 Å². The van der Waals surface area contributed by atoms with Gasteiger partial charge >= 0.3 is 0 Å².